The zero-order valence-electron chi connectivity index (χ0n) is 7.67. The second kappa shape index (κ2) is 5.69. The van der Waals surface area contributed by atoms with E-state index in [1.54, 1.807) is 13.0 Å². The molecule has 1 heterocycles. The predicted octanol–water partition coefficient (Wildman–Crippen LogP) is 2.71. The Bertz CT molecular complexity index is 373. The van der Waals surface area contributed by atoms with Crippen molar-refractivity contribution in [1.82, 2.24) is 0 Å². The molecule has 0 aliphatic carbocycles. The summed E-state index contributed by atoms with van der Waals surface area (Å²) in [6.45, 7) is 2.16. The lowest BCUT2D eigenvalue weighted by Crippen LogP contribution is -2.01. The molecule has 0 atom stereocenters. The van der Waals surface area contributed by atoms with E-state index in [0.717, 1.165) is 4.88 Å². The van der Waals surface area contributed by atoms with Gasteiger partial charge in [0.15, 0.2) is 0 Å². The average molecular weight is 229 g/mol. The Morgan fingerprint density at radius 1 is 1.64 bits per heavy atom. The van der Waals surface area contributed by atoms with E-state index in [2.05, 4.69) is 11.8 Å². The van der Waals surface area contributed by atoms with Crippen molar-refractivity contribution in [3.8, 4) is 11.8 Å². The maximum absolute atomic E-state index is 10.9. The quantitative estimate of drug-likeness (QED) is 0.575. The molecule has 2 nitrogen and oxygen atoms in total. The SMILES string of the molecule is CCOC(=O)CC#Cc1ccc(Cl)s1. The van der Waals surface area contributed by atoms with Crippen molar-refractivity contribution in [3.63, 3.8) is 0 Å². The Morgan fingerprint density at radius 2 is 2.43 bits per heavy atom. The molecule has 0 N–H and O–H groups in total. The van der Waals surface area contributed by atoms with E-state index in [1.807, 2.05) is 6.07 Å². The Kier molecular flexibility index (Phi) is 4.51. The number of carbonyl (C=O) groups is 1. The fraction of sp³-hybridized carbons (Fsp3) is 0.300. The van der Waals surface area contributed by atoms with Crippen molar-refractivity contribution in [2.75, 3.05) is 6.61 Å². The van der Waals surface area contributed by atoms with E-state index in [4.69, 9.17) is 16.3 Å². The van der Waals surface area contributed by atoms with Crippen LogP contribution in [-0.4, -0.2) is 12.6 Å². The summed E-state index contributed by atoms with van der Waals surface area (Å²) in [7, 11) is 0. The first-order chi connectivity index (χ1) is 6.72. The standard InChI is InChI=1S/C10H9ClO2S/c1-2-13-10(12)5-3-4-8-6-7-9(11)14-8/h6-7H,2,5H2,1H3. The van der Waals surface area contributed by atoms with Crippen LogP contribution in [0.25, 0.3) is 0 Å². The topological polar surface area (TPSA) is 26.3 Å². The fourth-order valence-corrected chi connectivity index (χ4v) is 1.71. The molecule has 0 radical (unpaired) electrons. The minimum atomic E-state index is -0.289. The van der Waals surface area contributed by atoms with Gasteiger partial charge in [0.25, 0.3) is 0 Å². The maximum Gasteiger partial charge on any atom is 0.317 e. The maximum atomic E-state index is 10.9. The van der Waals surface area contributed by atoms with Crippen molar-refractivity contribution in [2.45, 2.75) is 13.3 Å². The predicted molar refractivity (Wildman–Crippen MR) is 57.5 cm³/mol. The molecule has 0 fully saturated rings. The molecule has 1 aromatic heterocycles. The van der Waals surface area contributed by atoms with Gasteiger partial charge in [0.05, 0.1) is 15.8 Å². The molecule has 1 rings (SSSR count). The molecule has 0 saturated heterocycles. The van der Waals surface area contributed by atoms with Crippen LogP contribution in [0.5, 0.6) is 0 Å². The molecular weight excluding hydrogens is 220 g/mol. The van der Waals surface area contributed by atoms with Crippen molar-refractivity contribution >= 4 is 28.9 Å². The lowest BCUT2D eigenvalue weighted by Gasteiger charge is -1.94. The molecular formula is C10H9ClO2S. The second-order valence-electron chi connectivity index (χ2n) is 2.39. The van der Waals surface area contributed by atoms with Gasteiger partial charge in [-0.3, -0.25) is 4.79 Å². The number of carbonyl (C=O) groups excluding carboxylic acids is 1. The molecule has 0 aliphatic rings. The number of hydrogen-bond acceptors (Lipinski definition) is 3. The number of hydrogen-bond donors (Lipinski definition) is 0. The number of ether oxygens (including phenoxy) is 1. The van der Waals surface area contributed by atoms with E-state index in [1.165, 1.54) is 11.3 Å². The second-order valence-corrected chi connectivity index (χ2v) is 4.10. The molecule has 0 spiro atoms. The van der Waals surface area contributed by atoms with Gasteiger partial charge in [-0.25, -0.2) is 0 Å². The number of rotatable bonds is 2. The zero-order chi connectivity index (χ0) is 10.4. The molecule has 0 amide bonds. The first-order valence-electron chi connectivity index (χ1n) is 4.12. The molecule has 4 heteroatoms. The van der Waals surface area contributed by atoms with Crippen LogP contribution in [0.4, 0.5) is 0 Å². The molecule has 14 heavy (non-hydrogen) atoms. The van der Waals surface area contributed by atoms with Gasteiger partial charge in [-0.2, -0.15) is 0 Å². The summed E-state index contributed by atoms with van der Waals surface area (Å²) >= 11 is 7.10. The van der Waals surface area contributed by atoms with Crippen LogP contribution in [-0.2, 0) is 9.53 Å². The van der Waals surface area contributed by atoms with E-state index >= 15 is 0 Å². The van der Waals surface area contributed by atoms with Gasteiger partial charge in [0, 0.05) is 0 Å². The minimum absolute atomic E-state index is 0.128. The molecule has 0 aromatic carbocycles. The average Bonchev–Trinajstić information content (AvgIpc) is 2.52. The Morgan fingerprint density at radius 3 is 3.00 bits per heavy atom. The van der Waals surface area contributed by atoms with Gasteiger partial charge in [-0.1, -0.05) is 23.4 Å². The van der Waals surface area contributed by atoms with E-state index in [-0.39, 0.29) is 12.4 Å². The molecule has 0 aliphatic heterocycles. The van der Waals surface area contributed by atoms with Crippen LogP contribution in [0.3, 0.4) is 0 Å². The highest BCUT2D eigenvalue weighted by molar-refractivity contribution is 7.16. The fourth-order valence-electron chi connectivity index (χ4n) is 0.797. The summed E-state index contributed by atoms with van der Waals surface area (Å²) in [5.41, 5.74) is 0. The highest BCUT2D eigenvalue weighted by Crippen LogP contribution is 2.20. The monoisotopic (exact) mass is 228 g/mol. The number of esters is 1. The van der Waals surface area contributed by atoms with Gasteiger partial charge in [0.2, 0.25) is 0 Å². The number of thiophene rings is 1. The lowest BCUT2D eigenvalue weighted by molar-refractivity contribution is -0.141. The Balaban J connectivity index is 2.44. The van der Waals surface area contributed by atoms with Crippen molar-refractivity contribution in [3.05, 3.63) is 21.3 Å². The molecule has 74 valence electrons. The van der Waals surface area contributed by atoms with Gasteiger partial charge < -0.3 is 4.74 Å². The van der Waals surface area contributed by atoms with Crippen LogP contribution in [0, 0.1) is 11.8 Å². The van der Waals surface area contributed by atoms with Crippen LogP contribution < -0.4 is 0 Å². The Labute approximate surface area is 91.8 Å². The third-order valence-electron chi connectivity index (χ3n) is 1.32. The summed E-state index contributed by atoms with van der Waals surface area (Å²) in [6, 6.07) is 3.60. The molecule has 0 unspecified atom stereocenters. The normalized spacial score (nSPS) is 9.00. The zero-order valence-corrected chi connectivity index (χ0v) is 9.24. The molecule has 0 saturated carbocycles. The summed E-state index contributed by atoms with van der Waals surface area (Å²) < 4.78 is 5.42. The van der Waals surface area contributed by atoms with E-state index < -0.39 is 0 Å². The first kappa shape index (κ1) is 11.1. The van der Waals surface area contributed by atoms with Crippen molar-refractivity contribution in [2.24, 2.45) is 0 Å². The first-order valence-corrected chi connectivity index (χ1v) is 5.31. The Hall–Kier alpha value is -0.980. The summed E-state index contributed by atoms with van der Waals surface area (Å²) in [4.78, 5) is 11.8. The summed E-state index contributed by atoms with van der Waals surface area (Å²) in [6.07, 6.45) is 0.128. The van der Waals surface area contributed by atoms with Crippen molar-refractivity contribution < 1.29 is 9.53 Å². The van der Waals surface area contributed by atoms with E-state index in [9.17, 15) is 4.79 Å². The largest absolute Gasteiger partial charge is 0.465 e. The van der Waals surface area contributed by atoms with Crippen molar-refractivity contribution in [1.29, 1.82) is 0 Å². The van der Waals surface area contributed by atoms with Gasteiger partial charge in [-0.05, 0) is 19.1 Å². The highest BCUT2D eigenvalue weighted by atomic mass is 35.5. The van der Waals surface area contributed by atoms with Crippen LogP contribution in [0.15, 0.2) is 12.1 Å². The highest BCUT2D eigenvalue weighted by Gasteiger charge is 1.96. The van der Waals surface area contributed by atoms with Gasteiger partial charge in [0.1, 0.15) is 6.42 Å². The lowest BCUT2D eigenvalue weighted by atomic mass is 10.4. The van der Waals surface area contributed by atoms with Crippen LogP contribution in [0.1, 0.15) is 18.2 Å². The number of halogens is 1. The van der Waals surface area contributed by atoms with Crippen LogP contribution >= 0.6 is 22.9 Å². The van der Waals surface area contributed by atoms with Gasteiger partial charge >= 0.3 is 5.97 Å². The summed E-state index contributed by atoms with van der Waals surface area (Å²) in [5, 5.41) is 0. The third-order valence-corrected chi connectivity index (χ3v) is 2.47. The third kappa shape index (κ3) is 3.82. The minimum Gasteiger partial charge on any atom is -0.465 e. The van der Waals surface area contributed by atoms with Gasteiger partial charge in [-0.15, -0.1) is 11.3 Å². The summed E-state index contributed by atoms with van der Waals surface area (Å²) in [5.74, 6) is 5.28. The smallest absolute Gasteiger partial charge is 0.317 e. The van der Waals surface area contributed by atoms with Crippen LogP contribution in [0.2, 0.25) is 4.34 Å². The molecule has 1 aromatic rings. The van der Waals surface area contributed by atoms with E-state index in [0.29, 0.717) is 10.9 Å². The molecule has 0 bridgehead atoms.